The second-order valence-electron chi connectivity index (χ2n) is 12.6. The van der Waals surface area contributed by atoms with Gasteiger partial charge in [0, 0.05) is 36.0 Å². The number of rotatable bonds is 3. The number of fused-ring (bicyclic) bond motifs is 3. The zero-order valence-electron chi connectivity index (χ0n) is 21.5. The molecular weight excluding hydrogens is 452 g/mol. The Hall–Kier alpha value is -2.22. The molecule has 1 aliphatic heterocycles. The lowest BCUT2D eigenvalue weighted by Gasteiger charge is -2.69. The standard InChI is InChI=1S/C27H36O8/c1-13(28)33-19-20-23(3,4)17(30)9-10-24(20,5)16-8-11-25(6)15(22(31)32)12-18-27(25,35-18)26(16,7)21(19)34-14(2)29/h9-10,15-16,18-21H,8,11-12H2,1-7H3,(H,31,32)/t15-,16+,18+,19+,20-,21+,24+,25-,26-,27+/m0/s1. The van der Waals surface area contributed by atoms with E-state index in [-0.39, 0.29) is 17.8 Å². The van der Waals surface area contributed by atoms with Crippen molar-refractivity contribution < 1.29 is 38.5 Å². The number of hydrogen-bond acceptors (Lipinski definition) is 7. The molecule has 5 aliphatic rings. The highest BCUT2D eigenvalue weighted by Gasteiger charge is 2.89. The van der Waals surface area contributed by atoms with Gasteiger partial charge in [-0.3, -0.25) is 19.2 Å². The van der Waals surface area contributed by atoms with Gasteiger partial charge in [0.25, 0.3) is 0 Å². The number of hydrogen-bond donors (Lipinski definition) is 1. The van der Waals surface area contributed by atoms with Gasteiger partial charge in [0.2, 0.25) is 0 Å². The van der Waals surface area contributed by atoms with Crippen molar-refractivity contribution in [2.45, 2.75) is 91.6 Å². The van der Waals surface area contributed by atoms with E-state index in [1.165, 1.54) is 13.8 Å². The second kappa shape index (κ2) is 6.96. The van der Waals surface area contributed by atoms with E-state index in [0.717, 1.165) is 0 Å². The minimum Gasteiger partial charge on any atom is -0.481 e. The van der Waals surface area contributed by atoms with Crippen molar-refractivity contribution in [2.24, 2.45) is 39.4 Å². The molecule has 1 N–H and O–H groups in total. The first-order valence-electron chi connectivity index (χ1n) is 12.6. The zero-order valence-corrected chi connectivity index (χ0v) is 21.5. The van der Waals surface area contributed by atoms with Crippen molar-refractivity contribution in [2.75, 3.05) is 0 Å². The summed E-state index contributed by atoms with van der Waals surface area (Å²) in [5.74, 6) is -3.04. The molecule has 0 unspecified atom stereocenters. The highest BCUT2D eigenvalue weighted by atomic mass is 16.6. The third-order valence-electron chi connectivity index (χ3n) is 10.8. The fourth-order valence-corrected chi connectivity index (χ4v) is 9.64. The first-order valence-corrected chi connectivity index (χ1v) is 12.6. The molecule has 1 heterocycles. The number of carboxylic acid groups (broad SMARTS) is 1. The third-order valence-corrected chi connectivity index (χ3v) is 10.8. The number of carbonyl (C=O) groups excluding carboxylic acids is 3. The Morgan fingerprint density at radius 3 is 2.26 bits per heavy atom. The molecular formula is C27H36O8. The average molecular weight is 489 g/mol. The second-order valence-corrected chi connectivity index (χ2v) is 12.6. The molecule has 0 radical (unpaired) electrons. The summed E-state index contributed by atoms with van der Waals surface area (Å²) in [4.78, 5) is 50.4. The summed E-state index contributed by atoms with van der Waals surface area (Å²) in [7, 11) is 0. The Morgan fingerprint density at radius 1 is 1.06 bits per heavy atom. The summed E-state index contributed by atoms with van der Waals surface area (Å²) in [5, 5.41) is 10.1. The topological polar surface area (TPSA) is 120 Å². The maximum Gasteiger partial charge on any atom is 0.307 e. The molecule has 1 spiro atoms. The minimum absolute atomic E-state index is 0.0616. The van der Waals surface area contributed by atoms with Crippen molar-refractivity contribution in [3.8, 4) is 0 Å². The van der Waals surface area contributed by atoms with Crippen molar-refractivity contribution in [1.29, 1.82) is 0 Å². The van der Waals surface area contributed by atoms with E-state index >= 15 is 0 Å². The van der Waals surface area contributed by atoms with Crippen LogP contribution in [0.25, 0.3) is 0 Å². The Labute approximate surface area is 205 Å². The number of allylic oxidation sites excluding steroid dienone is 2. The number of carboxylic acids is 1. The highest BCUT2D eigenvalue weighted by molar-refractivity contribution is 5.96. The third kappa shape index (κ3) is 2.67. The molecule has 192 valence electrons. The summed E-state index contributed by atoms with van der Waals surface area (Å²) >= 11 is 0. The number of esters is 2. The van der Waals surface area contributed by atoms with E-state index in [4.69, 9.17) is 14.2 Å². The fraction of sp³-hybridized carbons (Fsp3) is 0.778. The SMILES string of the molecule is CC(=O)O[C@H]1[C@@H](OC(C)=O)[C@]2(C)[C@H](CC[C@@]3(C)[C@H](C(=O)O)C[C@H]4O[C@@]423)[C@@]2(C)C=CC(=O)C(C)(C)[C@H]12. The van der Waals surface area contributed by atoms with Crippen molar-refractivity contribution in [3.63, 3.8) is 0 Å². The number of aliphatic carboxylic acids is 1. The normalized spacial score (nSPS) is 50.8. The molecule has 1 saturated heterocycles. The van der Waals surface area contributed by atoms with E-state index in [9.17, 15) is 24.3 Å². The zero-order chi connectivity index (χ0) is 25.9. The summed E-state index contributed by atoms with van der Waals surface area (Å²) < 4.78 is 18.5. The van der Waals surface area contributed by atoms with Gasteiger partial charge in [0.15, 0.2) is 5.78 Å². The van der Waals surface area contributed by atoms with Gasteiger partial charge in [-0.25, -0.2) is 0 Å². The molecule has 0 aromatic carbocycles. The Bertz CT molecular complexity index is 1060. The molecule has 0 bridgehead atoms. The van der Waals surface area contributed by atoms with Gasteiger partial charge in [-0.15, -0.1) is 0 Å². The van der Waals surface area contributed by atoms with Crippen LogP contribution in [0.1, 0.15) is 67.7 Å². The van der Waals surface area contributed by atoms with Gasteiger partial charge in [-0.05, 0) is 36.7 Å². The lowest BCUT2D eigenvalue weighted by molar-refractivity contribution is -0.275. The van der Waals surface area contributed by atoms with Crippen molar-refractivity contribution >= 4 is 23.7 Å². The summed E-state index contributed by atoms with van der Waals surface area (Å²) in [6.45, 7) is 12.5. The maximum absolute atomic E-state index is 13.1. The Morgan fingerprint density at radius 2 is 1.69 bits per heavy atom. The molecule has 5 rings (SSSR count). The van der Waals surface area contributed by atoms with Crippen LogP contribution >= 0.6 is 0 Å². The van der Waals surface area contributed by atoms with Crippen LogP contribution in [-0.2, 0) is 33.4 Å². The molecule has 8 heteroatoms. The van der Waals surface area contributed by atoms with E-state index in [2.05, 4.69) is 6.92 Å². The van der Waals surface area contributed by atoms with Crippen LogP contribution in [0.3, 0.4) is 0 Å². The predicted octanol–water partition coefficient (Wildman–Crippen LogP) is 3.32. The van der Waals surface area contributed by atoms with Crippen LogP contribution in [0.4, 0.5) is 0 Å². The van der Waals surface area contributed by atoms with Crippen molar-refractivity contribution in [3.05, 3.63) is 12.2 Å². The predicted molar refractivity (Wildman–Crippen MR) is 123 cm³/mol. The highest BCUT2D eigenvalue weighted by Crippen LogP contribution is 2.81. The van der Waals surface area contributed by atoms with E-state index in [1.807, 2.05) is 33.8 Å². The quantitative estimate of drug-likeness (QED) is 0.475. The van der Waals surface area contributed by atoms with Crippen LogP contribution in [-0.4, -0.2) is 52.7 Å². The van der Waals surface area contributed by atoms with Gasteiger partial charge < -0.3 is 19.3 Å². The number of ether oxygens (including phenoxy) is 3. The fourth-order valence-electron chi connectivity index (χ4n) is 9.64. The Balaban J connectivity index is 1.77. The molecule has 8 nitrogen and oxygen atoms in total. The van der Waals surface area contributed by atoms with Crippen molar-refractivity contribution in [1.82, 2.24) is 0 Å². The summed E-state index contributed by atoms with van der Waals surface area (Å²) in [6, 6.07) is 0. The molecule has 4 aliphatic carbocycles. The van der Waals surface area contributed by atoms with Crippen LogP contribution in [0.2, 0.25) is 0 Å². The first-order chi connectivity index (χ1) is 16.1. The summed E-state index contributed by atoms with van der Waals surface area (Å²) in [6.07, 6.45) is 3.27. The molecule has 10 atom stereocenters. The molecule has 0 aromatic heterocycles. The van der Waals surface area contributed by atoms with Crippen LogP contribution in [0, 0.1) is 39.4 Å². The van der Waals surface area contributed by atoms with Gasteiger partial charge >= 0.3 is 17.9 Å². The number of ketones is 1. The Kier molecular flexibility index (Phi) is 4.87. The summed E-state index contributed by atoms with van der Waals surface area (Å²) in [5.41, 5.74) is -3.78. The van der Waals surface area contributed by atoms with E-state index in [0.29, 0.717) is 19.3 Å². The number of epoxide rings is 1. The van der Waals surface area contributed by atoms with E-state index < -0.39 is 69.2 Å². The average Bonchev–Trinajstić information content (AvgIpc) is 3.40. The lowest BCUT2D eigenvalue weighted by Crippen LogP contribution is -2.75. The van der Waals surface area contributed by atoms with Gasteiger partial charge in [0.05, 0.1) is 12.0 Å². The lowest BCUT2D eigenvalue weighted by atomic mass is 9.36. The first kappa shape index (κ1) is 24.5. The van der Waals surface area contributed by atoms with Crippen LogP contribution < -0.4 is 0 Å². The maximum atomic E-state index is 13.1. The molecule has 3 saturated carbocycles. The van der Waals surface area contributed by atoms with Crippen LogP contribution in [0.5, 0.6) is 0 Å². The number of carbonyl (C=O) groups is 4. The molecule has 0 amide bonds. The van der Waals surface area contributed by atoms with Gasteiger partial charge in [-0.2, -0.15) is 0 Å². The van der Waals surface area contributed by atoms with Gasteiger partial charge in [-0.1, -0.05) is 40.7 Å². The minimum atomic E-state index is -0.892. The molecule has 35 heavy (non-hydrogen) atoms. The molecule has 4 fully saturated rings. The van der Waals surface area contributed by atoms with Gasteiger partial charge in [0.1, 0.15) is 17.8 Å². The van der Waals surface area contributed by atoms with Crippen LogP contribution in [0.15, 0.2) is 12.2 Å². The molecule has 0 aromatic rings. The van der Waals surface area contributed by atoms with E-state index in [1.54, 1.807) is 6.08 Å². The largest absolute Gasteiger partial charge is 0.481 e. The smallest absolute Gasteiger partial charge is 0.307 e. The monoisotopic (exact) mass is 488 g/mol.